The van der Waals surface area contributed by atoms with Crippen molar-refractivity contribution in [2.24, 2.45) is 0 Å². The molecule has 1 aromatic carbocycles. The van der Waals surface area contributed by atoms with Gasteiger partial charge in [0.2, 0.25) is 11.8 Å². The van der Waals surface area contributed by atoms with Crippen molar-refractivity contribution >= 4 is 29.3 Å². The van der Waals surface area contributed by atoms with Crippen LogP contribution in [0.25, 0.3) is 11.5 Å². The predicted octanol–water partition coefficient (Wildman–Crippen LogP) is 3.44. The molecule has 0 fully saturated rings. The summed E-state index contributed by atoms with van der Waals surface area (Å²) >= 11 is 1.12. The molecule has 29 heavy (non-hydrogen) atoms. The Kier molecular flexibility index (Phi) is 6.38. The van der Waals surface area contributed by atoms with Crippen LogP contribution in [-0.2, 0) is 9.59 Å². The van der Waals surface area contributed by atoms with Gasteiger partial charge in [-0.3, -0.25) is 9.59 Å². The smallest absolute Gasteiger partial charge is 0.277 e. The molecule has 0 radical (unpaired) electrons. The minimum absolute atomic E-state index is 0.0456. The number of rotatable bonds is 7. The topological polar surface area (TPSA) is 101 Å². The number of carbonyl (C=O) groups excluding carboxylic acids is 2. The second-order valence-electron chi connectivity index (χ2n) is 6.67. The monoisotopic (exact) mass is 414 g/mol. The van der Waals surface area contributed by atoms with Gasteiger partial charge >= 0.3 is 0 Å². The summed E-state index contributed by atoms with van der Waals surface area (Å²) in [6.45, 7) is 5.63. The van der Waals surface area contributed by atoms with Gasteiger partial charge in [-0.25, -0.2) is 0 Å². The van der Waals surface area contributed by atoms with Crippen LogP contribution >= 0.6 is 11.8 Å². The Morgan fingerprint density at radius 1 is 1.17 bits per heavy atom. The second kappa shape index (κ2) is 8.95. The fourth-order valence-corrected chi connectivity index (χ4v) is 3.29. The summed E-state index contributed by atoms with van der Waals surface area (Å²) in [5, 5.41) is 11.0. The van der Waals surface area contributed by atoms with Crippen molar-refractivity contribution in [3.05, 3.63) is 47.4 Å². The van der Waals surface area contributed by atoms with E-state index in [0.29, 0.717) is 11.7 Å². The number of likely N-dealkylation sites (N-methyl/N-ethyl adjacent to an activating group) is 1. The summed E-state index contributed by atoms with van der Waals surface area (Å²) in [5.41, 5.74) is 3.49. The fourth-order valence-electron chi connectivity index (χ4n) is 2.58. The van der Waals surface area contributed by atoms with Gasteiger partial charge < -0.3 is 19.1 Å². The van der Waals surface area contributed by atoms with Crippen molar-refractivity contribution in [2.45, 2.75) is 26.0 Å². The first-order chi connectivity index (χ1) is 13.8. The minimum atomic E-state index is -0.255. The number of amides is 2. The van der Waals surface area contributed by atoms with E-state index in [1.807, 2.05) is 32.0 Å². The largest absolute Gasteiger partial charge is 0.469 e. The molecule has 0 spiro atoms. The Labute approximate surface area is 172 Å². The van der Waals surface area contributed by atoms with Crippen LogP contribution in [0.5, 0.6) is 0 Å². The average molecular weight is 414 g/mol. The molecule has 0 aliphatic carbocycles. The molecule has 152 valence electrons. The van der Waals surface area contributed by atoms with E-state index >= 15 is 0 Å². The molecule has 0 bridgehead atoms. The van der Waals surface area contributed by atoms with E-state index in [1.54, 1.807) is 26.3 Å². The first-order valence-corrected chi connectivity index (χ1v) is 9.94. The lowest BCUT2D eigenvalue weighted by molar-refractivity contribution is -0.131. The van der Waals surface area contributed by atoms with Crippen LogP contribution in [0, 0.1) is 20.8 Å². The zero-order valence-corrected chi connectivity index (χ0v) is 17.5. The Bertz CT molecular complexity index is 1030. The van der Waals surface area contributed by atoms with Crippen molar-refractivity contribution in [3.63, 3.8) is 0 Å². The maximum Gasteiger partial charge on any atom is 0.277 e. The number of benzene rings is 1. The number of aryl methyl sites for hydroxylation is 3. The average Bonchev–Trinajstić information content (AvgIpc) is 3.31. The van der Waals surface area contributed by atoms with E-state index < -0.39 is 0 Å². The highest BCUT2D eigenvalue weighted by molar-refractivity contribution is 7.99. The highest BCUT2D eigenvalue weighted by Crippen LogP contribution is 2.26. The first-order valence-electron chi connectivity index (χ1n) is 8.95. The lowest BCUT2D eigenvalue weighted by Gasteiger charge is -2.17. The van der Waals surface area contributed by atoms with Crippen molar-refractivity contribution in [1.82, 2.24) is 15.1 Å². The van der Waals surface area contributed by atoms with Gasteiger partial charge in [-0.1, -0.05) is 23.9 Å². The third kappa shape index (κ3) is 5.26. The van der Waals surface area contributed by atoms with Gasteiger partial charge in [0.05, 0.1) is 24.1 Å². The van der Waals surface area contributed by atoms with Crippen LogP contribution in [-0.4, -0.2) is 46.3 Å². The summed E-state index contributed by atoms with van der Waals surface area (Å²) < 4.78 is 10.8. The van der Waals surface area contributed by atoms with E-state index in [2.05, 4.69) is 15.5 Å². The van der Waals surface area contributed by atoms with Gasteiger partial charge in [0.25, 0.3) is 11.1 Å². The molecule has 0 saturated carbocycles. The zero-order chi connectivity index (χ0) is 21.0. The number of carbonyl (C=O) groups is 2. The molecule has 0 unspecified atom stereocenters. The summed E-state index contributed by atoms with van der Waals surface area (Å²) in [6, 6.07) is 7.57. The SMILES string of the molecule is Cc1ccc(C)c(NC(=O)CN(C)C(=O)CSc2nnc(-c3ccoc3C)o2)c1. The quantitative estimate of drug-likeness (QED) is 0.591. The van der Waals surface area contributed by atoms with Crippen LogP contribution in [0.15, 0.2) is 44.6 Å². The molecule has 0 aliphatic heterocycles. The lowest BCUT2D eigenvalue weighted by Crippen LogP contribution is -2.36. The van der Waals surface area contributed by atoms with Gasteiger partial charge in [-0.05, 0) is 44.0 Å². The second-order valence-corrected chi connectivity index (χ2v) is 7.60. The molecule has 0 aliphatic rings. The van der Waals surface area contributed by atoms with Crippen molar-refractivity contribution in [1.29, 1.82) is 0 Å². The number of anilines is 1. The number of hydrogen-bond donors (Lipinski definition) is 1. The maximum absolute atomic E-state index is 12.3. The molecule has 3 aromatic rings. The summed E-state index contributed by atoms with van der Waals surface area (Å²) in [4.78, 5) is 26.0. The number of thioether (sulfide) groups is 1. The van der Waals surface area contributed by atoms with E-state index in [4.69, 9.17) is 8.83 Å². The molecule has 8 nitrogen and oxygen atoms in total. The van der Waals surface area contributed by atoms with Crippen LogP contribution in [0.1, 0.15) is 16.9 Å². The Morgan fingerprint density at radius 2 is 1.97 bits per heavy atom. The van der Waals surface area contributed by atoms with Crippen molar-refractivity contribution < 1.29 is 18.4 Å². The third-order valence-corrected chi connectivity index (χ3v) is 5.09. The highest BCUT2D eigenvalue weighted by Gasteiger charge is 2.17. The summed E-state index contributed by atoms with van der Waals surface area (Å²) in [7, 11) is 1.58. The number of nitrogens with zero attached hydrogens (tertiary/aromatic N) is 3. The lowest BCUT2D eigenvalue weighted by atomic mass is 10.1. The minimum Gasteiger partial charge on any atom is -0.469 e. The third-order valence-electron chi connectivity index (χ3n) is 4.29. The van der Waals surface area contributed by atoms with Crippen molar-refractivity contribution in [2.75, 3.05) is 24.7 Å². The molecule has 2 aromatic heterocycles. The Morgan fingerprint density at radius 3 is 2.69 bits per heavy atom. The molecule has 3 rings (SSSR count). The summed E-state index contributed by atoms with van der Waals surface area (Å²) in [5.74, 6) is 0.628. The maximum atomic E-state index is 12.3. The van der Waals surface area contributed by atoms with Crippen molar-refractivity contribution in [3.8, 4) is 11.5 Å². The molecular weight excluding hydrogens is 392 g/mol. The molecule has 9 heteroatoms. The van der Waals surface area contributed by atoms with Gasteiger partial charge in [-0.15, -0.1) is 10.2 Å². The fraction of sp³-hybridized carbons (Fsp3) is 0.300. The molecule has 2 amide bonds. The molecule has 1 N–H and O–H groups in total. The van der Waals surface area contributed by atoms with E-state index in [-0.39, 0.29) is 29.3 Å². The van der Waals surface area contributed by atoms with Gasteiger partial charge in [-0.2, -0.15) is 0 Å². The van der Waals surface area contributed by atoms with Crippen LogP contribution in [0.3, 0.4) is 0 Å². The van der Waals surface area contributed by atoms with E-state index in [0.717, 1.165) is 34.1 Å². The standard InChI is InChI=1S/C20H22N4O4S/c1-12-5-6-13(2)16(9-12)21-17(25)10-24(4)18(26)11-29-20-23-22-19(28-20)15-7-8-27-14(15)3/h5-9H,10-11H2,1-4H3,(H,21,25). The van der Waals surface area contributed by atoms with Crippen LogP contribution in [0.4, 0.5) is 5.69 Å². The molecule has 0 saturated heterocycles. The van der Waals surface area contributed by atoms with Gasteiger partial charge in [0.15, 0.2) is 0 Å². The number of aromatic nitrogens is 2. The summed E-state index contributed by atoms with van der Waals surface area (Å²) in [6.07, 6.45) is 1.55. The predicted molar refractivity (Wildman–Crippen MR) is 110 cm³/mol. The van der Waals surface area contributed by atoms with E-state index in [1.165, 1.54) is 4.90 Å². The van der Waals surface area contributed by atoms with Crippen LogP contribution < -0.4 is 5.32 Å². The van der Waals surface area contributed by atoms with Gasteiger partial charge in [0.1, 0.15) is 5.76 Å². The molecule has 2 heterocycles. The molecular formula is C20H22N4O4S. The molecule has 0 atom stereocenters. The normalized spacial score (nSPS) is 10.8. The zero-order valence-electron chi connectivity index (χ0n) is 16.7. The Balaban J connectivity index is 1.50. The Hall–Kier alpha value is -3.07. The highest BCUT2D eigenvalue weighted by atomic mass is 32.2. The number of hydrogen-bond acceptors (Lipinski definition) is 7. The van der Waals surface area contributed by atoms with Gasteiger partial charge in [0, 0.05) is 12.7 Å². The number of nitrogens with one attached hydrogen (secondary N) is 1. The first kappa shape index (κ1) is 20.7. The van der Waals surface area contributed by atoms with Crippen LogP contribution in [0.2, 0.25) is 0 Å². The number of furan rings is 1. The van der Waals surface area contributed by atoms with E-state index in [9.17, 15) is 9.59 Å².